The van der Waals surface area contributed by atoms with E-state index in [-0.39, 0.29) is 23.7 Å². The zero-order valence-electron chi connectivity index (χ0n) is 13.3. The van der Waals surface area contributed by atoms with E-state index >= 15 is 0 Å². The van der Waals surface area contributed by atoms with E-state index in [1.54, 1.807) is 29.4 Å². The Morgan fingerprint density at radius 3 is 2.96 bits per heavy atom. The van der Waals surface area contributed by atoms with Gasteiger partial charge in [0.2, 0.25) is 5.91 Å². The summed E-state index contributed by atoms with van der Waals surface area (Å²) in [4.78, 5) is 33.0. The third kappa shape index (κ3) is 2.68. The lowest BCUT2D eigenvalue weighted by molar-refractivity contribution is -0.140. The second-order valence-corrected chi connectivity index (χ2v) is 6.46. The van der Waals surface area contributed by atoms with Crippen LogP contribution in [0.15, 0.2) is 47.3 Å². The van der Waals surface area contributed by atoms with Crippen LogP contribution in [0.1, 0.15) is 22.5 Å². The van der Waals surface area contributed by atoms with Crippen molar-refractivity contribution in [2.75, 3.05) is 19.6 Å². The molecule has 4 heterocycles. The minimum Gasteiger partial charge on any atom is -0.459 e. The number of carbonyl (C=O) groups excluding carboxylic acids is 2. The number of piperidine rings is 1. The van der Waals surface area contributed by atoms with Gasteiger partial charge in [0.15, 0.2) is 5.76 Å². The summed E-state index contributed by atoms with van der Waals surface area (Å²) < 4.78 is 5.19. The number of pyridine rings is 1. The van der Waals surface area contributed by atoms with E-state index in [0.717, 1.165) is 18.5 Å². The fraction of sp³-hybridized carbons (Fsp3) is 0.389. The molecule has 2 aliphatic rings. The fourth-order valence-corrected chi connectivity index (χ4v) is 3.70. The largest absolute Gasteiger partial charge is 0.459 e. The Morgan fingerprint density at radius 2 is 2.21 bits per heavy atom. The lowest BCUT2D eigenvalue weighted by atomic mass is 9.88. The Balaban J connectivity index is 1.44. The van der Waals surface area contributed by atoms with E-state index in [1.807, 2.05) is 17.0 Å². The molecule has 0 radical (unpaired) electrons. The van der Waals surface area contributed by atoms with Crippen molar-refractivity contribution in [3.8, 4) is 0 Å². The molecule has 2 atom stereocenters. The minimum atomic E-state index is -0.124. The number of carbonyl (C=O) groups is 2. The molecule has 0 unspecified atom stereocenters. The normalized spacial score (nSPS) is 23.4. The number of rotatable bonds is 3. The summed E-state index contributed by atoms with van der Waals surface area (Å²) in [6.07, 6.45) is 5.95. The van der Waals surface area contributed by atoms with Gasteiger partial charge in [0.1, 0.15) is 0 Å². The van der Waals surface area contributed by atoms with Crippen LogP contribution in [0.25, 0.3) is 0 Å². The van der Waals surface area contributed by atoms with E-state index in [0.29, 0.717) is 25.4 Å². The molecule has 6 heteroatoms. The number of likely N-dealkylation sites (tertiary alicyclic amines) is 2. The molecule has 24 heavy (non-hydrogen) atoms. The Kier molecular flexibility index (Phi) is 3.80. The van der Waals surface area contributed by atoms with Crippen LogP contribution in [0.2, 0.25) is 0 Å². The molecule has 0 N–H and O–H groups in total. The van der Waals surface area contributed by atoms with Gasteiger partial charge in [-0.1, -0.05) is 6.07 Å². The van der Waals surface area contributed by atoms with E-state index in [2.05, 4.69) is 4.98 Å². The molecule has 0 saturated carbocycles. The summed E-state index contributed by atoms with van der Waals surface area (Å²) in [5.41, 5.74) is 1.03. The van der Waals surface area contributed by atoms with Crippen LogP contribution in [0.4, 0.5) is 0 Å². The molecule has 2 amide bonds. The zero-order chi connectivity index (χ0) is 16.5. The molecule has 4 rings (SSSR count). The highest BCUT2D eigenvalue weighted by Gasteiger charge is 2.44. The second-order valence-electron chi connectivity index (χ2n) is 6.46. The molecular weight excluding hydrogens is 306 g/mol. The van der Waals surface area contributed by atoms with Gasteiger partial charge >= 0.3 is 0 Å². The molecule has 2 fully saturated rings. The molecule has 0 bridgehead atoms. The number of amides is 2. The lowest BCUT2D eigenvalue weighted by Gasteiger charge is -2.33. The van der Waals surface area contributed by atoms with Gasteiger partial charge < -0.3 is 14.2 Å². The van der Waals surface area contributed by atoms with Crippen molar-refractivity contribution in [2.24, 2.45) is 11.8 Å². The van der Waals surface area contributed by atoms with Crippen LogP contribution in [0.3, 0.4) is 0 Å². The first kappa shape index (κ1) is 14.9. The number of nitrogens with zero attached hydrogens (tertiary/aromatic N) is 3. The summed E-state index contributed by atoms with van der Waals surface area (Å²) >= 11 is 0. The van der Waals surface area contributed by atoms with Crippen molar-refractivity contribution in [3.05, 3.63) is 54.2 Å². The van der Waals surface area contributed by atoms with Gasteiger partial charge in [-0.25, -0.2) is 0 Å². The van der Waals surface area contributed by atoms with Crippen molar-refractivity contribution >= 4 is 11.8 Å². The summed E-state index contributed by atoms with van der Waals surface area (Å²) in [5.74, 6) is 0.509. The number of fused-ring (bicyclic) bond motifs is 1. The summed E-state index contributed by atoms with van der Waals surface area (Å²) in [7, 11) is 0. The van der Waals surface area contributed by atoms with Crippen molar-refractivity contribution in [1.29, 1.82) is 0 Å². The van der Waals surface area contributed by atoms with Gasteiger partial charge in [0.25, 0.3) is 5.91 Å². The summed E-state index contributed by atoms with van der Waals surface area (Å²) in [5, 5.41) is 0. The highest BCUT2D eigenvalue weighted by atomic mass is 16.3. The third-order valence-electron chi connectivity index (χ3n) is 4.96. The Hall–Kier alpha value is -2.63. The fourth-order valence-electron chi connectivity index (χ4n) is 3.70. The average Bonchev–Trinajstić information content (AvgIpc) is 3.27. The van der Waals surface area contributed by atoms with Crippen LogP contribution in [0.5, 0.6) is 0 Å². The molecular formula is C18H19N3O3. The van der Waals surface area contributed by atoms with Crippen LogP contribution in [-0.2, 0) is 11.3 Å². The highest BCUT2D eigenvalue weighted by Crippen LogP contribution is 2.33. The molecule has 2 saturated heterocycles. The molecule has 2 aromatic rings. The molecule has 124 valence electrons. The lowest BCUT2D eigenvalue weighted by Crippen LogP contribution is -2.44. The van der Waals surface area contributed by atoms with Crippen LogP contribution in [0, 0.1) is 11.8 Å². The maximum atomic E-state index is 12.8. The number of furan rings is 1. The van der Waals surface area contributed by atoms with Crippen molar-refractivity contribution in [1.82, 2.24) is 14.8 Å². The first-order chi connectivity index (χ1) is 11.7. The maximum absolute atomic E-state index is 12.8. The van der Waals surface area contributed by atoms with Gasteiger partial charge in [0, 0.05) is 38.6 Å². The molecule has 0 aromatic carbocycles. The topological polar surface area (TPSA) is 66.7 Å². The first-order valence-corrected chi connectivity index (χ1v) is 8.23. The first-order valence-electron chi connectivity index (χ1n) is 8.23. The van der Waals surface area contributed by atoms with Gasteiger partial charge in [-0.2, -0.15) is 0 Å². The predicted molar refractivity (Wildman–Crippen MR) is 85.9 cm³/mol. The quantitative estimate of drug-likeness (QED) is 0.863. The molecule has 0 aliphatic carbocycles. The van der Waals surface area contributed by atoms with Crippen molar-refractivity contribution in [2.45, 2.75) is 13.0 Å². The SMILES string of the molecule is O=C(c1ccco1)N1C[C@H]2CCN(Cc3cccnc3)C(=O)[C@H]2C1. The average molecular weight is 325 g/mol. The Bertz CT molecular complexity index is 729. The predicted octanol–water partition coefficient (Wildman–Crippen LogP) is 1.80. The number of hydrogen-bond donors (Lipinski definition) is 0. The van der Waals surface area contributed by atoms with E-state index in [4.69, 9.17) is 4.42 Å². The van der Waals surface area contributed by atoms with Gasteiger partial charge in [0.05, 0.1) is 12.2 Å². The Morgan fingerprint density at radius 1 is 1.29 bits per heavy atom. The zero-order valence-corrected chi connectivity index (χ0v) is 13.3. The third-order valence-corrected chi connectivity index (χ3v) is 4.96. The van der Waals surface area contributed by atoms with Gasteiger partial charge in [-0.05, 0) is 36.1 Å². The second kappa shape index (κ2) is 6.11. The molecule has 2 aromatic heterocycles. The molecule has 6 nitrogen and oxygen atoms in total. The minimum absolute atomic E-state index is 0.102. The Labute approximate surface area is 140 Å². The number of aromatic nitrogens is 1. The smallest absolute Gasteiger partial charge is 0.289 e. The highest BCUT2D eigenvalue weighted by molar-refractivity contribution is 5.92. The van der Waals surface area contributed by atoms with Crippen LogP contribution >= 0.6 is 0 Å². The van der Waals surface area contributed by atoms with Crippen LogP contribution < -0.4 is 0 Å². The van der Waals surface area contributed by atoms with E-state index in [9.17, 15) is 9.59 Å². The van der Waals surface area contributed by atoms with Crippen molar-refractivity contribution in [3.63, 3.8) is 0 Å². The maximum Gasteiger partial charge on any atom is 0.289 e. The monoisotopic (exact) mass is 325 g/mol. The van der Waals surface area contributed by atoms with E-state index in [1.165, 1.54) is 6.26 Å². The van der Waals surface area contributed by atoms with E-state index < -0.39 is 0 Å². The van der Waals surface area contributed by atoms with Gasteiger partial charge in [-0.15, -0.1) is 0 Å². The van der Waals surface area contributed by atoms with Gasteiger partial charge in [-0.3, -0.25) is 14.6 Å². The standard InChI is InChI=1S/C18H19N3O3/c22-17-15-12-21(18(23)16-4-2-8-24-16)11-14(15)5-7-20(17)10-13-3-1-6-19-9-13/h1-4,6,8-9,14-15H,5,7,10-12H2/t14-,15+/m1/s1. The molecule has 2 aliphatic heterocycles. The summed E-state index contributed by atoms with van der Waals surface area (Å²) in [6, 6.07) is 7.23. The number of hydrogen-bond acceptors (Lipinski definition) is 4. The summed E-state index contributed by atoms with van der Waals surface area (Å²) in [6.45, 7) is 2.43. The van der Waals surface area contributed by atoms with Crippen LogP contribution in [-0.4, -0.2) is 46.2 Å². The van der Waals surface area contributed by atoms with Crippen molar-refractivity contribution < 1.29 is 14.0 Å². The molecule has 0 spiro atoms.